The number of carbonyl (C=O) groups is 2. The maximum Gasteiger partial charge on any atom is 0.337 e. The van der Waals surface area contributed by atoms with Crippen LogP contribution in [0.15, 0.2) is 71.6 Å². The SMILES string of the molecule is COC(=O)c1cccc(NC(=O)CN(c2cc(Cl)ccc2C)S(=O)(=O)c2ccc(C)cc2)c1. The molecule has 1 N–H and O–H groups in total. The standard InChI is InChI=1S/C24H23ClN2O5S/c1-16-7-11-21(12-8-16)33(30,31)27(22-14-19(25)10-9-17(22)2)15-23(28)26-20-6-4-5-18(13-20)24(29)32-3/h4-14H,15H2,1-3H3,(H,26,28). The van der Waals surface area contributed by atoms with Gasteiger partial charge < -0.3 is 10.1 Å². The van der Waals surface area contributed by atoms with Gasteiger partial charge in [0.1, 0.15) is 6.54 Å². The minimum atomic E-state index is -4.08. The average molecular weight is 487 g/mol. The van der Waals surface area contributed by atoms with Crippen LogP contribution in [0, 0.1) is 13.8 Å². The number of amides is 1. The van der Waals surface area contributed by atoms with Gasteiger partial charge in [-0.15, -0.1) is 0 Å². The number of rotatable bonds is 7. The third-order valence-corrected chi connectivity index (χ3v) is 6.91. The quantitative estimate of drug-likeness (QED) is 0.493. The highest BCUT2D eigenvalue weighted by Gasteiger charge is 2.28. The van der Waals surface area contributed by atoms with Crippen LogP contribution in [0.2, 0.25) is 5.02 Å². The Morgan fingerprint density at radius 1 is 1.00 bits per heavy atom. The Bertz CT molecular complexity index is 1290. The molecule has 0 fully saturated rings. The number of benzene rings is 3. The Morgan fingerprint density at radius 3 is 2.36 bits per heavy atom. The molecule has 0 saturated carbocycles. The van der Waals surface area contributed by atoms with Crippen LogP contribution in [0.4, 0.5) is 11.4 Å². The number of ether oxygens (including phenoxy) is 1. The van der Waals surface area contributed by atoms with Crippen molar-refractivity contribution < 1.29 is 22.7 Å². The van der Waals surface area contributed by atoms with Crippen LogP contribution in [0.3, 0.4) is 0 Å². The van der Waals surface area contributed by atoms with E-state index in [9.17, 15) is 18.0 Å². The number of nitrogens with one attached hydrogen (secondary N) is 1. The minimum absolute atomic E-state index is 0.0490. The molecule has 0 aliphatic heterocycles. The summed E-state index contributed by atoms with van der Waals surface area (Å²) < 4.78 is 32.8. The Labute approximate surface area is 198 Å². The molecule has 3 rings (SSSR count). The molecule has 0 atom stereocenters. The van der Waals surface area contributed by atoms with Crippen molar-refractivity contribution in [3.63, 3.8) is 0 Å². The van der Waals surface area contributed by atoms with Crippen molar-refractivity contribution in [2.75, 3.05) is 23.3 Å². The van der Waals surface area contributed by atoms with Crippen molar-refractivity contribution >= 4 is 44.9 Å². The highest BCUT2D eigenvalue weighted by Crippen LogP contribution is 2.29. The molecule has 0 unspecified atom stereocenters. The molecule has 3 aromatic rings. The van der Waals surface area contributed by atoms with Crippen molar-refractivity contribution in [3.8, 4) is 0 Å². The van der Waals surface area contributed by atoms with Crippen LogP contribution in [0.25, 0.3) is 0 Å². The molecule has 33 heavy (non-hydrogen) atoms. The Hall–Kier alpha value is -3.36. The lowest BCUT2D eigenvalue weighted by atomic mass is 10.2. The van der Waals surface area contributed by atoms with Gasteiger partial charge in [-0.25, -0.2) is 13.2 Å². The summed E-state index contributed by atoms with van der Waals surface area (Å²) in [5, 5.41) is 2.98. The van der Waals surface area contributed by atoms with Gasteiger partial charge in [0.25, 0.3) is 10.0 Å². The molecule has 0 aromatic heterocycles. The number of esters is 1. The van der Waals surface area contributed by atoms with E-state index in [0.717, 1.165) is 9.87 Å². The first kappa shape index (κ1) is 24.3. The molecular weight excluding hydrogens is 464 g/mol. The second-order valence-electron chi connectivity index (χ2n) is 7.38. The number of sulfonamides is 1. The molecule has 172 valence electrons. The average Bonchev–Trinajstić information content (AvgIpc) is 2.79. The predicted octanol–water partition coefficient (Wildman–Crippen LogP) is 4.58. The fourth-order valence-electron chi connectivity index (χ4n) is 3.16. The number of hydrogen-bond donors (Lipinski definition) is 1. The molecule has 0 aliphatic carbocycles. The van der Waals surface area contributed by atoms with Crippen molar-refractivity contribution in [2.24, 2.45) is 0 Å². The van der Waals surface area contributed by atoms with E-state index in [2.05, 4.69) is 5.32 Å². The molecule has 0 heterocycles. The number of aryl methyl sites for hydroxylation is 2. The molecule has 7 nitrogen and oxygen atoms in total. The molecule has 3 aromatic carbocycles. The number of carbonyl (C=O) groups excluding carboxylic acids is 2. The van der Waals surface area contributed by atoms with Gasteiger partial charge in [0.05, 0.1) is 23.3 Å². The summed E-state index contributed by atoms with van der Waals surface area (Å²) in [4.78, 5) is 24.7. The zero-order valence-corrected chi connectivity index (χ0v) is 19.9. The summed E-state index contributed by atoms with van der Waals surface area (Å²) in [5.41, 5.74) is 2.42. The lowest BCUT2D eigenvalue weighted by Crippen LogP contribution is -2.38. The molecule has 9 heteroatoms. The zero-order chi connectivity index (χ0) is 24.2. The lowest BCUT2D eigenvalue weighted by molar-refractivity contribution is -0.114. The van der Waals surface area contributed by atoms with Gasteiger partial charge >= 0.3 is 5.97 Å². The fourth-order valence-corrected chi connectivity index (χ4v) is 4.80. The number of hydrogen-bond acceptors (Lipinski definition) is 5. The Balaban J connectivity index is 1.97. The maximum atomic E-state index is 13.5. The van der Waals surface area contributed by atoms with Crippen molar-refractivity contribution in [2.45, 2.75) is 18.7 Å². The van der Waals surface area contributed by atoms with Gasteiger partial charge in [0, 0.05) is 10.7 Å². The highest BCUT2D eigenvalue weighted by atomic mass is 35.5. The van der Waals surface area contributed by atoms with Crippen LogP contribution in [-0.4, -0.2) is 33.9 Å². The first-order valence-corrected chi connectivity index (χ1v) is 11.8. The van der Waals surface area contributed by atoms with Gasteiger partial charge in [0.15, 0.2) is 0 Å². The van der Waals surface area contributed by atoms with Crippen molar-refractivity contribution in [1.82, 2.24) is 0 Å². The summed E-state index contributed by atoms with van der Waals surface area (Å²) in [6.07, 6.45) is 0. The molecular formula is C24H23ClN2O5S. The number of methoxy groups -OCH3 is 1. The van der Waals surface area contributed by atoms with E-state index in [-0.39, 0.29) is 10.5 Å². The number of anilines is 2. The second kappa shape index (κ2) is 10.1. The number of nitrogens with zero attached hydrogens (tertiary/aromatic N) is 1. The third-order valence-electron chi connectivity index (χ3n) is 4.90. The van der Waals surface area contributed by atoms with E-state index < -0.39 is 28.4 Å². The van der Waals surface area contributed by atoms with Gasteiger partial charge in [0.2, 0.25) is 5.91 Å². The van der Waals surface area contributed by atoms with Crippen LogP contribution in [-0.2, 0) is 19.6 Å². The summed E-state index contributed by atoms with van der Waals surface area (Å²) in [5.74, 6) is -1.14. The highest BCUT2D eigenvalue weighted by molar-refractivity contribution is 7.92. The zero-order valence-electron chi connectivity index (χ0n) is 18.3. The summed E-state index contributed by atoms with van der Waals surface area (Å²) in [6.45, 7) is 3.09. The summed E-state index contributed by atoms with van der Waals surface area (Å²) >= 11 is 6.14. The molecule has 0 spiro atoms. The van der Waals surface area contributed by atoms with Gasteiger partial charge in [-0.3, -0.25) is 9.10 Å². The van der Waals surface area contributed by atoms with E-state index >= 15 is 0 Å². The van der Waals surface area contributed by atoms with Gasteiger partial charge in [-0.1, -0.05) is 41.4 Å². The van der Waals surface area contributed by atoms with E-state index in [1.807, 2.05) is 6.92 Å². The van der Waals surface area contributed by atoms with E-state index in [0.29, 0.717) is 22.0 Å². The first-order chi connectivity index (χ1) is 15.6. The minimum Gasteiger partial charge on any atom is -0.465 e. The lowest BCUT2D eigenvalue weighted by Gasteiger charge is -2.26. The van der Waals surface area contributed by atoms with E-state index in [4.69, 9.17) is 16.3 Å². The summed E-state index contributed by atoms with van der Waals surface area (Å²) in [6, 6.07) is 17.4. The van der Waals surface area contributed by atoms with Crippen LogP contribution in [0.1, 0.15) is 21.5 Å². The topological polar surface area (TPSA) is 92.8 Å². The van der Waals surface area contributed by atoms with Crippen LogP contribution < -0.4 is 9.62 Å². The Kier molecular flexibility index (Phi) is 7.40. The monoisotopic (exact) mass is 486 g/mol. The Morgan fingerprint density at radius 2 is 1.70 bits per heavy atom. The second-order valence-corrected chi connectivity index (χ2v) is 9.67. The molecule has 0 saturated heterocycles. The molecule has 0 aliphatic rings. The number of halogens is 1. The molecule has 0 bridgehead atoms. The largest absolute Gasteiger partial charge is 0.465 e. The van der Waals surface area contributed by atoms with Crippen LogP contribution in [0.5, 0.6) is 0 Å². The molecule has 1 amide bonds. The molecule has 0 radical (unpaired) electrons. The third kappa shape index (κ3) is 5.71. The predicted molar refractivity (Wildman–Crippen MR) is 128 cm³/mol. The maximum absolute atomic E-state index is 13.5. The van der Waals surface area contributed by atoms with Crippen molar-refractivity contribution in [1.29, 1.82) is 0 Å². The smallest absolute Gasteiger partial charge is 0.337 e. The normalized spacial score (nSPS) is 11.0. The van der Waals surface area contributed by atoms with Gasteiger partial charge in [-0.2, -0.15) is 0 Å². The fraction of sp³-hybridized carbons (Fsp3) is 0.167. The van der Waals surface area contributed by atoms with E-state index in [1.54, 1.807) is 49.4 Å². The summed E-state index contributed by atoms with van der Waals surface area (Å²) in [7, 11) is -2.82. The van der Waals surface area contributed by atoms with E-state index in [1.165, 1.54) is 31.4 Å². The van der Waals surface area contributed by atoms with Crippen LogP contribution >= 0.6 is 11.6 Å². The van der Waals surface area contributed by atoms with Gasteiger partial charge in [-0.05, 0) is 61.9 Å². The first-order valence-electron chi connectivity index (χ1n) is 9.95. The van der Waals surface area contributed by atoms with Crippen molar-refractivity contribution in [3.05, 3.63) is 88.4 Å².